The van der Waals surface area contributed by atoms with Crippen molar-refractivity contribution in [2.24, 2.45) is 16.2 Å². The van der Waals surface area contributed by atoms with E-state index in [4.69, 9.17) is 9.29 Å². The van der Waals surface area contributed by atoms with Crippen LogP contribution in [0.15, 0.2) is 0 Å². The summed E-state index contributed by atoms with van der Waals surface area (Å²) in [4.78, 5) is 24.2. The number of halogens is 5. The highest BCUT2D eigenvalue weighted by molar-refractivity contribution is 7.86. The molecule has 0 radical (unpaired) electrons. The van der Waals surface area contributed by atoms with Gasteiger partial charge in [0.15, 0.2) is 6.61 Å². The summed E-state index contributed by atoms with van der Waals surface area (Å²) in [6.07, 6.45) is -10.3. The van der Waals surface area contributed by atoms with Gasteiger partial charge in [-0.1, -0.05) is 41.5 Å². The van der Waals surface area contributed by atoms with Crippen LogP contribution in [0.2, 0.25) is 0 Å². The molecule has 0 aromatic heterocycles. The van der Waals surface area contributed by atoms with E-state index in [9.17, 15) is 40.0 Å². The summed E-state index contributed by atoms with van der Waals surface area (Å²) in [5, 5.41) is -5.86. The van der Waals surface area contributed by atoms with Crippen molar-refractivity contribution < 1.29 is 54.0 Å². The molecule has 30 heavy (non-hydrogen) atoms. The molecule has 0 rings (SSSR count). The highest BCUT2D eigenvalue weighted by Crippen LogP contribution is 2.47. The van der Waals surface area contributed by atoms with Crippen molar-refractivity contribution in [2.45, 2.75) is 72.4 Å². The molecule has 0 aromatic rings. The molecule has 0 bridgehead atoms. The van der Waals surface area contributed by atoms with Crippen LogP contribution in [-0.2, 0) is 29.2 Å². The maximum Gasteiger partial charge on any atom is 0.432 e. The third kappa shape index (κ3) is 7.03. The molecule has 7 nitrogen and oxygen atoms in total. The van der Waals surface area contributed by atoms with Crippen LogP contribution in [0, 0.1) is 16.2 Å². The second kappa shape index (κ2) is 8.56. The first-order valence-electron chi connectivity index (χ1n) is 8.64. The lowest BCUT2D eigenvalue weighted by molar-refractivity contribution is -0.260. The Balaban J connectivity index is 5.55. The Hall–Kier alpha value is -1.50. The number of hydrogen-bond acceptors (Lipinski definition) is 6. The maximum absolute atomic E-state index is 13.4. The molecule has 0 heterocycles. The zero-order chi connectivity index (χ0) is 24.6. The van der Waals surface area contributed by atoms with Crippen molar-refractivity contribution in [2.75, 3.05) is 6.61 Å². The monoisotopic (exact) mass is 470 g/mol. The number of rotatable bonds is 7. The summed E-state index contributed by atoms with van der Waals surface area (Å²) in [5.74, 6) is -3.05. The zero-order valence-corrected chi connectivity index (χ0v) is 18.5. The van der Waals surface area contributed by atoms with Crippen LogP contribution >= 0.6 is 0 Å². The summed E-state index contributed by atoms with van der Waals surface area (Å²) < 4.78 is 103. The van der Waals surface area contributed by atoms with Crippen molar-refractivity contribution in [3.05, 3.63) is 0 Å². The van der Waals surface area contributed by atoms with Gasteiger partial charge in [-0.2, -0.15) is 30.4 Å². The quantitative estimate of drug-likeness (QED) is 0.341. The van der Waals surface area contributed by atoms with E-state index in [2.05, 4.69) is 4.74 Å². The Morgan fingerprint density at radius 3 is 1.67 bits per heavy atom. The van der Waals surface area contributed by atoms with E-state index >= 15 is 0 Å². The first-order valence-corrected chi connectivity index (χ1v) is 10.1. The normalized spacial score (nSPS) is 17.1. The van der Waals surface area contributed by atoms with Gasteiger partial charge < -0.3 is 9.47 Å². The van der Waals surface area contributed by atoms with Crippen LogP contribution < -0.4 is 0 Å². The van der Waals surface area contributed by atoms with Crippen molar-refractivity contribution in [3.8, 4) is 0 Å². The minimum atomic E-state index is -6.56. The minimum absolute atomic E-state index is 0.253. The van der Waals surface area contributed by atoms with Crippen molar-refractivity contribution >= 4 is 22.1 Å². The molecule has 0 aliphatic rings. The zero-order valence-electron chi connectivity index (χ0n) is 17.7. The van der Waals surface area contributed by atoms with Crippen LogP contribution in [0.1, 0.15) is 54.9 Å². The van der Waals surface area contributed by atoms with E-state index in [1.807, 2.05) is 20.8 Å². The molecular weight excluding hydrogens is 443 g/mol. The van der Waals surface area contributed by atoms with Gasteiger partial charge in [-0.15, -0.1) is 0 Å². The fourth-order valence-corrected chi connectivity index (χ4v) is 3.07. The molecule has 178 valence electrons. The van der Waals surface area contributed by atoms with Gasteiger partial charge >= 0.3 is 33.5 Å². The fourth-order valence-electron chi connectivity index (χ4n) is 2.61. The van der Waals surface area contributed by atoms with Crippen LogP contribution in [0.4, 0.5) is 22.0 Å². The van der Waals surface area contributed by atoms with Gasteiger partial charge in [0.05, 0.1) is 5.41 Å². The van der Waals surface area contributed by atoms with Gasteiger partial charge in [0.2, 0.25) is 0 Å². The van der Waals surface area contributed by atoms with Gasteiger partial charge in [0, 0.05) is 0 Å². The van der Waals surface area contributed by atoms with Gasteiger partial charge in [-0.3, -0.25) is 9.35 Å². The summed E-state index contributed by atoms with van der Waals surface area (Å²) in [7, 11) is -6.56. The molecule has 0 spiro atoms. The number of carbonyl (C=O) groups is 2. The second-order valence-electron chi connectivity index (χ2n) is 9.34. The van der Waals surface area contributed by atoms with E-state index in [0.29, 0.717) is 0 Å². The van der Waals surface area contributed by atoms with Gasteiger partial charge in [0.1, 0.15) is 0 Å². The molecule has 0 amide bonds. The Kier molecular flexibility index (Phi) is 8.13. The average molecular weight is 470 g/mol. The minimum Gasteiger partial charge on any atom is -0.453 e. The highest BCUT2D eigenvalue weighted by atomic mass is 32.2. The first kappa shape index (κ1) is 28.5. The average Bonchev–Trinajstić information content (AvgIpc) is 2.44. The lowest BCUT2D eigenvalue weighted by atomic mass is 9.61. The third-order valence-electron chi connectivity index (χ3n) is 4.51. The molecule has 2 atom stereocenters. The van der Waals surface area contributed by atoms with Crippen LogP contribution in [0.5, 0.6) is 0 Å². The molecule has 1 N–H and O–H groups in total. The number of esters is 2. The number of hydrogen-bond donors (Lipinski definition) is 1. The second-order valence-corrected chi connectivity index (χ2v) is 10.8. The van der Waals surface area contributed by atoms with Gasteiger partial charge in [-0.05, 0) is 24.2 Å². The molecule has 0 aliphatic carbocycles. The number of ether oxygens (including phenoxy) is 2. The maximum atomic E-state index is 13.4. The van der Waals surface area contributed by atoms with Gasteiger partial charge in [0.25, 0.3) is 6.10 Å². The molecular formula is C17H27F5O7S. The van der Waals surface area contributed by atoms with Crippen LogP contribution in [0.25, 0.3) is 0 Å². The number of alkyl halides is 5. The Labute approximate surface area is 172 Å². The topological polar surface area (TPSA) is 107 Å². The largest absolute Gasteiger partial charge is 0.453 e. The SMILES string of the molecule is CC(C)(C)CC(C)(C(=O)OCC(=O)OC(C(F)(F)F)C(F)(F)S(=O)(=O)O)C(C)(C)C. The summed E-state index contributed by atoms with van der Waals surface area (Å²) in [5.41, 5.74) is -2.32. The van der Waals surface area contributed by atoms with E-state index in [1.54, 1.807) is 20.8 Å². The predicted molar refractivity (Wildman–Crippen MR) is 95.0 cm³/mol. The Bertz CT molecular complexity index is 748. The molecule has 0 saturated heterocycles. The lowest BCUT2D eigenvalue weighted by Crippen LogP contribution is -2.52. The first-order chi connectivity index (χ1) is 12.9. The van der Waals surface area contributed by atoms with E-state index in [-0.39, 0.29) is 11.8 Å². The Morgan fingerprint density at radius 2 is 1.37 bits per heavy atom. The van der Waals surface area contributed by atoms with Crippen molar-refractivity contribution in [1.29, 1.82) is 0 Å². The van der Waals surface area contributed by atoms with E-state index in [0.717, 1.165) is 0 Å². The molecule has 0 aromatic carbocycles. The number of carbonyl (C=O) groups excluding carboxylic acids is 2. The third-order valence-corrected chi connectivity index (χ3v) is 5.41. The van der Waals surface area contributed by atoms with Crippen molar-refractivity contribution in [1.82, 2.24) is 0 Å². The van der Waals surface area contributed by atoms with Gasteiger partial charge in [-0.25, -0.2) is 4.79 Å². The molecule has 0 aliphatic heterocycles. The summed E-state index contributed by atoms with van der Waals surface area (Å²) in [6, 6.07) is 0. The van der Waals surface area contributed by atoms with Crippen LogP contribution in [0.3, 0.4) is 0 Å². The molecule has 13 heteroatoms. The standard InChI is InChI=1S/C17H27F5O7S/c1-13(2,3)9-15(7,14(4,5)6)12(24)28-8-10(23)29-11(16(18,19)20)17(21,22)30(25,26)27/h11H,8-9H2,1-7H3,(H,25,26,27). The predicted octanol–water partition coefficient (Wildman–Crippen LogP) is 3.97. The smallest absolute Gasteiger partial charge is 0.432 e. The fraction of sp³-hybridized carbons (Fsp3) is 0.882. The summed E-state index contributed by atoms with van der Waals surface area (Å²) in [6.45, 7) is 10.6. The molecule has 0 fully saturated rings. The summed E-state index contributed by atoms with van der Waals surface area (Å²) >= 11 is 0. The Morgan fingerprint density at radius 1 is 0.933 bits per heavy atom. The lowest BCUT2D eigenvalue weighted by Gasteiger charge is -2.43. The van der Waals surface area contributed by atoms with E-state index < -0.39 is 57.0 Å². The highest BCUT2D eigenvalue weighted by Gasteiger charge is 2.66. The van der Waals surface area contributed by atoms with E-state index in [1.165, 1.54) is 6.92 Å². The van der Waals surface area contributed by atoms with Crippen LogP contribution in [-0.4, -0.2) is 49.1 Å². The molecule has 2 unspecified atom stereocenters. The molecule has 0 saturated carbocycles. The van der Waals surface area contributed by atoms with Crippen molar-refractivity contribution in [3.63, 3.8) is 0 Å².